The van der Waals surface area contributed by atoms with Crippen LogP contribution < -0.4 is 10.0 Å². The molecule has 10 heteroatoms. The number of hydrogen-bond acceptors (Lipinski definition) is 7. The lowest BCUT2D eigenvalue weighted by Gasteiger charge is -2.24. The van der Waals surface area contributed by atoms with E-state index in [0.29, 0.717) is 23.0 Å². The fraction of sp³-hybridized carbons (Fsp3) is 0.480. The van der Waals surface area contributed by atoms with Crippen LogP contribution in [-0.4, -0.2) is 42.5 Å². The Morgan fingerprint density at radius 3 is 2.69 bits per heavy atom. The van der Waals surface area contributed by atoms with E-state index in [-0.39, 0.29) is 41.4 Å². The maximum Gasteiger partial charge on any atom is 0.264 e. The lowest BCUT2D eigenvalue weighted by Crippen LogP contribution is -2.30. The van der Waals surface area contributed by atoms with Crippen LogP contribution >= 0.6 is 12.2 Å². The van der Waals surface area contributed by atoms with E-state index in [0.717, 1.165) is 19.3 Å². The molecule has 0 spiro atoms. The van der Waals surface area contributed by atoms with Crippen LogP contribution in [0.4, 0.5) is 0 Å². The third-order valence-electron chi connectivity index (χ3n) is 6.30. The predicted molar refractivity (Wildman–Crippen MR) is 135 cm³/mol. The van der Waals surface area contributed by atoms with Gasteiger partial charge in [-0.25, -0.2) is 18.1 Å². The molecule has 2 N–H and O–H groups in total. The van der Waals surface area contributed by atoms with Crippen molar-refractivity contribution in [3.8, 4) is 0 Å². The number of benzene rings is 1. The van der Waals surface area contributed by atoms with Gasteiger partial charge in [0.05, 0.1) is 23.0 Å². The number of amides is 1. The number of fused-ring (bicyclic) bond motifs is 2. The highest BCUT2D eigenvalue weighted by Gasteiger charge is 2.51. The number of ether oxygens (including phenoxy) is 1. The highest BCUT2D eigenvalue weighted by molar-refractivity contribution is 7.90. The lowest BCUT2D eigenvalue weighted by molar-refractivity contribution is -0.119. The minimum Gasteiger partial charge on any atom is -0.448 e. The molecule has 1 aromatic heterocycles. The van der Waals surface area contributed by atoms with Crippen molar-refractivity contribution in [2.45, 2.75) is 75.0 Å². The topological polar surface area (TPSA) is 111 Å². The number of rotatable bonds is 10. The van der Waals surface area contributed by atoms with Gasteiger partial charge in [-0.3, -0.25) is 4.79 Å². The van der Waals surface area contributed by atoms with Gasteiger partial charge in [0.25, 0.3) is 10.0 Å². The van der Waals surface area contributed by atoms with Gasteiger partial charge in [0, 0.05) is 18.4 Å². The molecule has 4 atom stereocenters. The second-order valence-electron chi connectivity index (χ2n) is 9.27. The summed E-state index contributed by atoms with van der Waals surface area (Å²) < 4.78 is 38.6. The number of hydrogen-bond donors (Lipinski definition) is 2. The van der Waals surface area contributed by atoms with Gasteiger partial charge in [-0.15, -0.1) is 0 Å². The van der Waals surface area contributed by atoms with E-state index in [1.807, 2.05) is 26.0 Å². The molecule has 2 aliphatic rings. The van der Waals surface area contributed by atoms with Gasteiger partial charge >= 0.3 is 0 Å². The maximum atomic E-state index is 12.3. The molecule has 188 valence electrons. The van der Waals surface area contributed by atoms with Gasteiger partial charge in [0.2, 0.25) is 11.8 Å². The molecule has 2 aliphatic heterocycles. The molecule has 35 heavy (non-hydrogen) atoms. The van der Waals surface area contributed by atoms with E-state index < -0.39 is 15.9 Å². The molecule has 2 aromatic rings. The van der Waals surface area contributed by atoms with Crippen molar-refractivity contribution in [3.05, 3.63) is 60.3 Å². The quantitative estimate of drug-likeness (QED) is 0.361. The maximum absolute atomic E-state index is 12.3. The van der Waals surface area contributed by atoms with E-state index in [2.05, 4.69) is 15.0 Å². The van der Waals surface area contributed by atoms with Gasteiger partial charge in [0.15, 0.2) is 0 Å². The van der Waals surface area contributed by atoms with Crippen LogP contribution in [0.5, 0.6) is 0 Å². The first-order chi connectivity index (χ1) is 16.7. The van der Waals surface area contributed by atoms with Crippen molar-refractivity contribution in [3.63, 3.8) is 0 Å². The van der Waals surface area contributed by atoms with Crippen molar-refractivity contribution in [1.29, 1.82) is 0 Å². The summed E-state index contributed by atoms with van der Waals surface area (Å²) in [4.78, 5) is 17.4. The molecule has 1 aromatic carbocycles. The second kappa shape index (κ2) is 11.0. The Labute approximate surface area is 211 Å². The summed E-state index contributed by atoms with van der Waals surface area (Å²) in [5.74, 6) is 0.422. The number of oxazole rings is 1. The summed E-state index contributed by atoms with van der Waals surface area (Å²) in [6, 6.07) is 8.07. The molecule has 2 saturated heterocycles. The number of sulfonamides is 1. The third-order valence-corrected chi connectivity index (χ3v) is 8.01. The Kier molecular flexibility index (Phi) is 8.03. The third kappa shape index (κ3) is 6.17. The molecule has 3 heterocycles. The fourth-order valence-corrected chi connectivity index (χ4v) is 6.11. The Bertz CT molecular complexity index is 1180. The van der Waals surface area contributed by atoms with Crippen molar-refractivity contribution < 1.29 is 22.4 Å². The monoisotopic (exact) mass is 517 g/mol. The highest BCUT2D eigenvalue weighted by Crippen LogP contribution is 2.50. The van der Waals surface area contributed by atoms with Crippen molar-refractivity contribution in [1.82, 2.24) is 15.0 Å². The number of allylic oxidation sites excluding steroid dienone is 2. The van der Waals surface area contributed by atoms with E-state index in [9.17, 15) is 13.2 Å². The number of nitrogens with zero attached hydrogens (tertiary/aromatic N) is 1. The largest absolute Gasteiger partial charge is 0.448 e. The molecular formula is C25H31N3O5S2. The average Bonchev–Trinajstić information content (AvgIpc) is 3.55. The van der Waals surface area contributed by atoms with E-state index >= 15 is 0 Å². The van der Waals surface area contributed by atoms with Crippen LogP contribution in [0.2, 0.25) is 0 Å². The Morgan fingerprint density at radius 1 is 1.20 bits per heavy atom. The van der Waals surface area contributed by atoms with E-state index in [1.165, 1.54) is 12.1 Å². The van der Waals surface area contributed by atoms with Gasteiger partial charge < -0.3 is 14.5 Å². The van der Waals surface area contributed by atoms with E-state index in [1.54, 1.807) is 24.5 Å². The minimum atomic E-state index is -3.84. The summed E-state index contributed by atoms with van der Waals surface area (Å²) in [5, 5.41) is 3.19. The molecule has 0 radical (unpaired) electrons. The SMILES string of the molecule is CC(C)NC(=S)c1coc(C2C3CCC(O3)C2C/C=C\CCC(=O)NS(=O)(=O)c2ccccc2)n1. The van der Waals surface area contributed by atoms with Gasteiger partial charge in [0.1, 0.15) is 16.9 Å². The summed E-state index contributed by atoms with van der Waals surface area (Å²) in [6.45, 7) is 4.04. The first-order valence-corrected chi connectivity index (χ1v) is 13.8. The summed E-state index contributed by atoms with van der Waals surface area (Å²) in [6.07, 6.45) is 9.10. The number of carbonyl (C=O) groups excluding carboxylic acids is 1. The first-order valence-electron chi connectivity index (χ1n) is 11.9. The summed E-state index contributed by atoms with van der Waals surface area (Å²) in [5.41, 5.74) is 0.636. The number of aromatic nitrogens is 1. The van der Waals surface area contributed by atoms with Gasteiger partial charge in [-0.05, 0) is 51.7 Å². The van der Waals surface area contributed by atoms with Crippen LogP contribution in [-0.2, 0) is 19.6 Å². The average molecular weight is 518 g/mol. The van der Waals surface area contributed by atoms with Crippen molar-refractivity contribution >= 4 is 33.1 Å². The number of nitrogens with one attached hydrogen (secondary N) is 2. The van der Waals surface area contributed by atoms with Crippen LogP contribution in [0.3, 0.4) is 0 Å². The zero-order chi connectivity index (χ0) is 25.0. The second-order valence-corrected chi connectivity index (χ2v) is 11.4. The number of thiocarbonyl (C=S) groups is 1. The molecule has 0 aliphatic carbocycles. The standard InChI is InChI=1S/C25H31N3O5S2/c1-16(2)26-25(34)19-15-32-24(27-19)23-18(20-13-14-21(23)33-20)11-7-4-8-12-22(29)28-35(30,31)17-9-5-3-6-10-17/h3-7,9-10,15-16,18,20-21,23H,8,11-14H2,1-2H3,(H,26,34)(H,28,29)/b7-4-. The number of carbonyl (C=O) groups is 1. The Balaban J connectivity index is 1.30. The van der Waals surface area contributed by atoms with Gasteiger partial charge in [-0.1, -0.05) is 42.6 Å². The van der Waals surface area contributed by atoms with E-state index in [4.69, 9.17) is 21.4 Å². The normalized spacial score (nSPS) is 23.7. The predicted octanol–water partition coefficient (Wildman–Crippen LogP) is 3.84. The lowest BCUT2D eigenvalue weighted by atomic mass is 9.77. The first kappa shape index (κ1) is 25.5. The molecule has 2 bridgehead atoms. The Morgan fingerprint density at radius 2 is 1.94 bits per heavy atom. The van der Waals surface area contributed by atoms with Crippen LogP contribution in [0.25, 0.3) is 0 Å². The van der Waals surface area contributed by atoms with Crippen LogP contribution in [0.15, 0.2) is 58.1 Å². The molecule has 4 unspecified atom stereocenters. The van der Waals surface area contributed by atoms with Gasteiger partial charge in [-0.2, -0.15) is 0 Å². The van der Waals surface area contributed by atoms with Crippen LogP contribution in [0, 0.1) is 5.92 Å². The zero-order valence-electron chi connectivity index (χ0n) is 19.8. The summed E-state index contributed by atoms with van der Waals surface area (Å²) in [7, 11) is -3.84. The zero-order valence-corrected chi connectivity index (χ0v) is 21.5. The molecule has 0 saturated carbocycles. The summed E-state index contributed by atoms with van der Waals surface area (Å²) >= 11 is 5.42. The molecular weight excluding hydrogens is 486 g/mol. The smallest absolute Gasteiger partial charge is 0.264 e. The highest BCUT2D eigenvalue weighted by atomic mass is 32.2. The molecule has 8 nitrogen and oxygen atoms in total. The molecule has 2 fully saturated rings. The molecule has 4 rings (SSSR count). The van der Waals surface area contributed by atoms with Crippen LogP contribution in [0.1, 0.15) is 63.5 Å². The molecule has 1 amide bonds. The van der Waals surface area contributed by atoms with Crippen molar-refractivity contribution in [2.24, 2.45) is 5.92 Å². The minimum absolute atomic E-state index is 0.0633. The Hall–Kier alpha value is -2.56. The fourth-order valence-electron chi connectivity index (χ4n) is 4.74. The van der Waals surface area contributed by atoms with Crippen molar-refractivity contribution in [2.75, 3.05) is 0 Å².